The summed E-state index contributed by atoms with van der Waals surface area (Å²) >= 11 is 0. The van der Waals surface area contributed by atoms with Crippen molar-refractivity contribution in [1.82, 2.24) is 9.97 Å². The number of benzene rings is 2. The molecule has 3 atom stereocenters. The van der Waals surface area contributed by atoms with Gasteiger partial charge in [-0.1, -0.05) is 25.1 Å². The van der Waals surface area contributed by atoms with Crippen molar-refractivity contribution in [3.8, 4) is 0 Å². The van der Waals surface area contributed by atoms with E-state index in [1.165, 1.54) is 12.1 Å². The van der Waals surface area contributed by atoms with Crippen LogP contribution in [0.5, 0.6) is 0 Å². The molecule has 0 spiro atoms. The number of hydrogen-bond donors (Lipinski definition) is 3. The van der Waals surface area contributed by atoms with Crippen LogP contribution in [0.3, 0.4) is 0 Å². The van der Waals surface area contributed by atoms with Gasteiger partial charge in [0, 0.05) is 23.5 Å². The van der Waals surface area contributed by atoms with Crippen molar-refractivity contribution in [3.63, 3.8) is 0 Å². The van der Waals surface area contributed by atoms with Crippen LogP contribution in [0.25, 0.3) is 0 Å². The molecule has 0 aliphatic heterocycles. The zero-order valence-corrected chi connectivity index (χ0v) is 20.6. The first-order chi connectivity index (χ1) is 16.1. The largest absolute Gasteiger partial charge is 0.394 e. The molecule has 0 fully saturated rings. The smallest absolute Gasteiger partial charge is 0.229 e. The molecule has 182 valence electrons. The van der Waals surface area contributed by atoms with E-state index in [0.29, 0.717) is 23.9 Å². The van der Waals surface area contributed by atoms with Crippen LogP contribution in [0.15, 0.2) is 59.6 Å². The summed E-state index contributed by atoms with van der Waals surface area (Å²) < 4.78 is 39.8. The molecule has 0 aliphatic carbocycles. The summed E-state index contributed by atoms with van der Waals surface area (Å²) in [6, 6.07) is 12.5. The highest BCUT2D eigenvalue weighted by Crippen LogP contribution is 2.27. The van der Waals surface area contributed by atoms with Crippen LogP contribution < -0.4 is 10.6 Å². The average Bonchev–Trinajstić information content (AvgIpc) is 2.82. The minimum atomic E-state index is -3.61. The monoisotopic (exact) mass is 486 g/mol. The fourth-order valence-corrected chi connectivity index (χ4v) is 5.18. The van der Waals surface area contributed by atoms with Crippen molar-refractivity contribution in [2.75, 3.05) is 17.2 Å². The lowest BCUT2D eigenvalue weighted by Crippen LogP contribution is -2.27. The predicted molar refractivity (Wildman–Crippen MR) is 133 cm³/mol. The number of hydrogen-bond acceptors (Lipinski definition) is 7. The minimum Gasteiger partial charge on any atom is -0.394 e. The van der Waals surface area contributed by atoms with Crippen LogP contribution >= 0.6 is 0 Å². The van der Waals surface area contributed by atoms with Crippen LogP contribution in [0.1, 0.15) is 31.9 Å². The second-order valence-electron chi connectivity index (χ2n) is 8.66. The molecule has 1 aromatic heterocycles. The molecule has 3 rings (SSSR count). The fraction of sp³-hybridized carbons (Fsp3) is 0.360. The number of nitrogens with one attached hydrogen (secondary N) is 2. The third kappa shape index (κ3) is 6.30. The van der Waals surface area contributed by atoms with Crippen LogP contribution in [0.2, 0.25) is 0 Å². The quantitative estimate of drug-likeness (QED) is 0.388. The van der Waals surface area contributed by atoms with E-state index >= 15 is 0 Å². The highest BCUT2D eigenvalue weighted by atomic mass is 32.2. The van der Waals surface area contributed by atoms with Crippen molar-refractivity contribution in [3.05, 3.63) is 71.7 Å². The third-order valence-corrected chi connectivity index (χ3v) is 8.16. The summed E-state index contributed by atoms with van der Waals surface area (Å²) in [6.45, 7) is 7.24. The summed E-state index contributed by atoms with van der Waals surface area (Å²) in [5.74, 6) is 0.413. The summed E-state index contributed by atoms with van der Waals surface area (Å²) in [6.07, 6.45) is 2.18. The fourth-order valence-electron chi connectivity index (χ4n) is 3.49. The van der Waals surface area contributed by atoms with Crippen molar-refractivity contribution in [1.29, 1.82) is 0 Å². The topological polar surface area (TPSA) is 104 Å². The molecule has 7 nitrogen and oxygen atoms in total. The Balaban J connectivity index is 1.77. The number of anilines is 3. The molecule has 34 heavy (non-hydrogen) atoms. The molecule has 3 N–H and O–H groups in total. The van der Waals surface area contributed by atoms with E-state index in [-0.39, 0.29) is 29.3 Å². The van der Waals surface area contributed by atoms with Crippen LogP contribution in [0, 0.1) is 18.7 Å². The third-order valence-electron chi connectivity index (χ3n) is 5.81. The highest BCUT2D eigenvalue weighted by Gasteiger charge is 2.28. The molecule has 0 saturated carbocycles. The normalized spacial score (nSPS) is 14.3. The van der Waals surface area contributed by atoms with Gasteiger partial charge in [-0.15, -0.1) is 0 Å². The van der Waals surface area contributed by atoms with Gasteiger partial charge < -0.3 is 15.7 Å². The van der Waals surface area contributed by atoms with Gasteiger partial charge in [-0.2, -0.15) is 4.98 Å². The number of aromatic nitrogens is 2. The van der Waals surface area contributed by atoms with Crippen molar-refractivity contribution < 1.29 is 17.9 Å². The lowest BCUT2D eigenvalue weighted by molar-refractivity contribution is 0.281. The molecule has 3 aromatic rings. The summed E-state index contributed by atoms with van der Waals surface area (Å²) in [4.78, 5) is 8.92. The van der Waals surface area contributed by atoms with Crippen LogP contribution in [-0.2, 0) is 16.3 Å². The molecular weight excluding hydrogens is 455 g/mol. The molecular formula is C25H31FN4O3S. The Labute approximate surface area is 200 Å². The Bertz CT molecular complexity index is 1220. The molecule has 0 bridgehead atoms. The second-order valence-corrected chi connectivity index (χ2v) is 11.0. The number of aryl methyl sites for hydroxylation is 1. The van der Waals surface area contributed by atoms with Crippen molar-refractivity contribution in [2.45, 2.75) is 50.3 Å². The molecule has 9 heteroatoms. The van der Waals surface area contributed by atoms with E-state index in [9.17, 15) is 17.9 Å². The van der Waals surface area contributed by atoms with Gasteiger partial charge >= 0.3 is 0 Å². The number of sulfone groups is 1. The van der Waals surface area contributed by atoms with Crippen molar-refractivity contribution in [2.24, 2.45) is 5.92 Å². The van der Waals surface area contributed by atoms with Crippen LogP contribution in [0.4, 0.5) is 21.8 Å². The van der Waals surface area contributed by atoms with Gasteiger partial charge in [0.2, 0.25) is 5.95 Å². The Morgan fingerprint density at radius 2 is 1.79 bits per heavy atom. The first kappa shape index (κ1) is 25.6. The minimum absolute atomic E-state index is 0.0378. The van der Waals surface area contributed by atoms with E-state index in [4.69, 9.17) is 0 Å². The first-order valence-electron chi connectivity index (χ1n) is 11.2. The summed E-state index contributed by atoms with van der Waals surface area (Å²) in [5.41, 5.74) is 2.26. The standard InChI is InChI=1S/C25H31FN4O3S/c1-16(12-20-8-10-21(26)11-9-20)19(4)34(32,33)23-7-5-6-22(13-23)29-25-27-14-17(2)24(30-25)28-18(3)15-31/h5-11,13-14,16,18-19,31H,12,15H2,1-4H3,(H2,27,28,29,30)/t16?,18-,19-/m1/s1. The Hall–Kier alpha value is -3.04. The Kier molecular flexibility index (Phi) is 8.22. The number of aliphatic hydroxyl groups is 1. The highest BCUT2D eigenvalue weighted by molar-refractivity contribution is 7.92. The van der Waals surface area contributed by atoms with Crippen molar-refractivity contribution >= 4 is 27.3 Å². The van der Waals surface area contributed by atoms with E-state index in [1.807, 2.05) is 20.8 Å². The number of rotatable bonds is 10. The average molecular weight is 487 g/mol. The first-order valence-corrected chi connectivity index (χ1v) is 12.7. The predicted octanol–water partition coefficient (Wildman–Crippen LogP) is 4.50. The van der Waals surface area contributed by atoms with E-state index < -0.39 is 15.1 Å². The lowest BCUT2D eigenvalue weighted by atomic mass is 9.98. The number of aliphatic hydroxyl groups excluding tert-OH is 1. The Morgan fingerprint density at radius 3 is 2.47 bits per heavy atom. The SMILES string of the molecule is Cc1cnc(Nc2cccc(S(=O)(=O)[C@H](C)C(C)Cc3ccc(F)cc3)c2)nc1N[C@H](C)CO. The zero-order chi connectivity index (χ0) is 24.9. The molecule has 1 unspecified atom stereocenters. The zero-order valence-electron chi connectivity index (χ0n) is 19.8. The maximum absolute atomic E-state index is 13.3. The lowest BCUT2D eigenvalue weighted by Gasteiger charge is -2.21. The van der Waals surface area contributed by atoms with Gasteiger partial charge in [0.1, 0.15) is 11.6 Å². The number of nitrogens with zero attached hydrogens (tertiary/aromatic N) is 2. The maximum atomic E-state index is 13.3. The maximum Gasteiger partial charge on any atom is 0.229 e. The van der Waals surface area contributed by atoms with Crippen LogP contribution in [-0.4, -0.2) is 41.4 Å². The molecule has 0 aliphatic rings. The van der Waals surface area contributed by atoms with E-state index in [2.05, 4.69) is 20.6 Å². The molecule has 2 aromatic carbocycles. The molecule has 0 amide bonds. The van der Waals surface area contributed by atoms with Gasteiger partial charge in [0.15, 0.2) is 9.84 Å². The molecule has 0 saturated heterocycles. The molecule has 0 radical (unpaired) electrons. The van der Waals surface area contributed by atoms with E-state index in [0.717, 1.165) is 11.1 Å². The Morgan fingerprint density at radius 1 is 1.09 bits per heavy atom. The van der Waals surface area contributed by atoms with Gasteiger partial charge in [-0.25, -0.2) is 17.8 Å². The molecule has 1 heterocycles. The number of halogens is 1. The van der Waals surface area contributed by atoms with E-state index in [1.54, 1.807) is 49.5 Å². The van der Waals surface area contributed by atoms with Gasteiger partial charge in [0.25, 0.3) is 0 Å². The van der Waals surface area contributed by atoms with Gasteiger partial charge in [0.05, 0.1) is 16.8 Å². The summed E-state index contributed by atoms with van der Waals surface area (Å²) in [5, 5.41) is 14.8. The van der Waals surface area contributed by atoms with Gasteiger partial charge in [-0.3, -0.25) is 0 Å². The van der Waals surface area contributed by atoms with Gasteiger partial charge in [-0.05, 0) is 69.0 Å². The second kappa shape index (κ2) is 10.9. The summed E-state index contributed by atoms with van der Waals surface area (Å²) in [7, 11) is -3.61.